The standard InChI is InChI=1S/C15H12ClFO/c1-9-4-6-14(17)12(7-9)15(18)11-5-3-10(2)8-13(11)16/h3-8H,1-2H3. The van der Waals surface area contributed by atoms with Gasteiger partial charge in [0, 0.05) is 5.56 Å². The summed E-state index contributed by atoms with van der Waals surface area (Å²) in [6, 6.07) is 9.57. The van der Waals surface area contributed by atoms with Gasteiger partial charge in [-0.05, 0) is 43.7 Å². The Morgan fingerprint density at radius 2 is 1.61 bits per heavy atom. The molecule has 0 spiro atoms. The average molecular weight is 263 g/mol. The van der Waals surface area contributed by atoms with Crippen molar-refractivity contribution in [1.82, 2.24) is 0 Å². The summed E-state index contributed by atoms with van der Waals surface area (Å²) in [6.45, 7) is 3.69. The van der Waals surface area contributed by atoms with Crippen molar-refractivity contribution in [3.05, 3.63) is 69.5 Å². The molecule has 0 aliphatic rings. The minimum atomic E-state index is -0.526. The maximum absolute atomic E-state index is 13.7. The van der Waals surface area contributed by atoms with E-state index in [1.165, 1.54) is 12.1 Å². The van der Waals surface area contributed by atoms with E-state index in [1.54, 1.807) is 24.3 Å². The fraction of sp³-hybridized carbons (Fsp3) is 0.133. The predicted octanol–water partition coefficient (Wildman–Crippen LogP) is 4.33. The minimum absolute atomic E-state index is 0.0563. The van der Waals surface area contributed by atoms with E-state index in [2.05, 4.69) is 0 Å². The number of aryl methyl sites for hydroxylation is 2. The number of ketones is 1. The monoisotopic (exact) mass is 262 g/mol. The molecule has 0 saturated heterocycles. The summed E-state index contributed by atoms with van der Waals surface area (Å²) >= 11 is 6.02. The van der Waals surface area contributed by atoms with Crippen molar-refractivity contribution in [2.75, 3.05) is 0 Å². The van der Waals surface area contributed by atoms with Gasteiger partial charge in [-0.3, -0.25) is 4.79 Å². The number of rotatable bonds is 2. The van der Waals surface area contributed by atoms with E-state index in [1.807, 2.05) is 13.8 Å². The topological polar surface area (TPSA) is 17.1 Å². The summed E-state index contributed by atoms with van der Waals surface area (Å²) in [5, 5.41) is 0.348. The van der Waals surface area contributed by atoms with Crippen LogP contribution in [0.5, 0.6) is 0 Å². The average Bonchev–Trinajstić information content (AvgIpc) is 2.31. The molecule has 0 N–H and O–H groups in total. The summed E-state index contributed by atoms with van der Waals surface area (Å²) < 4.78 is 13.7. The van der Waals surface area contributed by atoms with Crippen LogP contribution < -0.4 is 0 Å². The Bertz CT molecular complexity index is 620. The molecule has 0 aromatic heterocycles. The number of carbonyl (C=O) groups excluding carboxylic acids is 1. The molecule has 0 aliphatic heterocycles. The van der Waals surface area contributed by atoms with Crippen LogP contribution in [0.1, 0.15) is 27.0 Å². The molecule has 1 nitrogen and oxygen atoms in total. The van der Waals surface area contributed by atoms with Crippen LogP contribution in [0, 0.1) is 19.7 Å². The first-order chi connectivity index (χ1) is 8.49. The fourth-order valence-electron chi connectivity index (χ4n) is 1.76. The van der Waals surface area contributed by atoms with E-state index in [-0.39, 0.29) is 11.3 Å². The third-order valence-corrected chi connectivity index (χ3v) is 3.05. The molecular weight excluding hydrogens is 251 g/mol. The highest BCUT2D eigenvalue weighted by Gasteiger charge is 2.16. The normalized spacial score (nSPS) is 10.4. The number of benzene rings is 2. The van der Waals surface area contributed by atoms with Crippen LogP contribution in [-0.2, 0) is 0 Å². The lowest BCUT2D eigenvalue weighted by molar-refractivity contribution is 0.103. The second-order valence-electron chi connectivity index (χ2n) is 4.30. The first-order valence-electron chi connectivity index (χ1n) is 5.56. The third kappa shape index (κ3) is 2.44. The van der Waals surface area contributed by atoms with Crippen LogP contribution in [0.25, 0.3) is 0 Å². The lowest BCUT2D eigenvalue weighted by Crippen LogP contribution is -2.05. The van der Waals surface area contributed by atoms with Gasteiger partial charge < -0.3 is 0 Å². The highest BCUT2D eigenvalue weighted by atomic mass is 35.5. The van der Waals surface area contributed by atoms with E-state index < -0.39 is 5.82 Å². The van der Waals surface area contributed by atoms with Gasteiger partial charge in [-0.1, -0.05) is 29.3 Å². The van der Waals surface area contributed by atoms with Crippen LogP contribution in [0.4, 0.5) is 4.39 Å². The zero-order valence-corrected chi connectivity index (χ0v) is 10.9. The fourth-order valence-corrected chi connectivity index (χ4v) is 2.08. The Balaban J connectivity index is 2.51. The molecule has 0 radical (unpaired) electrons. The van der Waals surface area contributed by atoms with Gasteiger partial charge in [0.15, 0.2) is 5.78 Å². The van der Waals surface area contributed by atoms with E-state index in [0.717, 1.165) is 11.1 Å². The first kappa shape index (κ1) is 12.8. The van der Waals surface area contributed by atoms with Gasteiger partial charge in [-0.2, -0.15) is 0 Å². The van der Waals surface area contributed by atoms with Crippen molar-refractivity contribution in [3.63, 3.8) is 0 Å². The number of carbonyl (C=O) groups is 1. The number of halogens is 2. The Kier molecular flexibility index (Phi) is 3.48. The molecule has 0 aliphatic carbocycles. The molecule has 3 heteroatoms. The zero-order valence-electron chi connectivity index (χ0n) is 10.1. The molecule has 2 rings (SSSR count). The first-order valence-corrected chi connectivity index (χ1v) is 5.94. The Morgan fingerprint density at radius 1 is 1.00 bits per heavy atom. The van der Waals surface area contributed by atoms with Crippen LogP contribution in [-0.4, -0.2) is 5.78 Å². The molecule has 0 amide bonds. The van der Waals surface area contributed by atoms with Crippen molar-refractivity contribution in [2.24, 2.45) is 0 Å². The van der Waals surface area contributed by atoms with Crippen LogP contribution in [0.15, 0.2) is 36.4 Å². The van der Waals surface area contributed by atoms with Crippen LogP contribution in [0.2, 0.25) is 5.02 Å². The molecule has 18 heavy (non-hydrogen) atoms. The van der Waals surface area contributed by atoms with E-state index in [9.17, 15) is 9.18 Å². The molecule has 2 aromatic carbocycles. The van der Waals surface area contributed by atoms with Gasteiger partial charge >= 0.3 is 0 Å². The SMILES string of the molecule is Cc1ccc(C(=O)c2cc(C)ccc2F)c(Cl)c1. The van der Waals surface area contributed by atoms with Crippen molar-refractivity contribution in [2.45, 2.75) is 13.8 Å². The maximum atomic E-state index is 13.7. The molecule has 2 aromatic rings. The third-order valence-electron chi connectivity index (χ3n) is 2.74. The Morgan fingerprint density at radius 3 is 2.28 bits per heavy atom. The Labute approximate surface area is 110 Å². The Hall–Kier alpha value is -1.67. The lowest BCUT2D eigenvalue weighted by atomic mass is 10.00. The summed E-state index contributed by atoms with van der Waals surface area (Å²) in [5.41, 5.74) is 2.18. The zero-order chi connectivity index (χ0) is 13.3. The van der Waals surface area contributed by atoms with Gasteiger partial charge in [0.2, 0.25) is 0 Å². The number of hydrogen-bond donors (Lipinski definition) is 0. The smallest absolute Gasteiger partial charge is 0.197 e. The molecule has 0 bridgehead atoms. The molecule has 0 saturated carbocycles. The van der Waals surface area contributed by atoms with Crippen molar-refractivity contribution in [1.29, 1.82) is 0 Å². The highest BCUT2D eigenvalue weighted by Crippen LogP contribution is 2.22. The molecule has 0 fully saturated rings. The van der Waals surface area contributed by atoms with Crippen molar-refractivity contribution in [3.8, 4) is 0 Å². The second kappa shape index (κ2) is 4.91. The summed E-state index contributed by atoms with van der Waals surface area (Å²) in [4.78, 5) is 12.2. The predicted molar refractivity (Wildman–Crippen MR) is 70.8 cm³/mol. The van der Waals surface area contributed by atoms with Gasteiger partial charge in [0.1, 0.15) is 5.82 Å². The van der Waals surface area contributed by atoms with E-state index in [4.69, 9.17) is 11.6 Å². The van der Waals surface area contributed by atoms with Gasteiger partial charge in [-0.25, -0.2) is 4.39 Å². The van der Waals surface area contributed by atoms with Crippen LogP contribution in [0.3, 0.4) is 0 Å². The summed E-state index contributed by atoms with van der Waals surface area (Å²) in [7, 11) is 0. The van der Waals surface area contributed by atoms with Crippen molar-refractivity contribution >= 4 is 17.4 Å². The summed E-state index contributed by atoms with van der Waals surface area (Å²) in [6.07, 6.45) is 0. The molecule has 0 heterocycles. The number of hydrogen-bond acceptors (Lipinski definition) is 1. The van der Waals surface area contributed by atoms with E-state index in [0.29, 0.717) is 10.6 Å². The van der Waals surface area contributed by atoms with Gasteiger partial charge in [-0.15, -0.1) is 0 Å². The van der Waals surface area contributed by atoms with Gasteiger partial charge in [0.05, 0.1) is 10.6 Å². The summed E-state index contributed by atoms with van der Waals surface area (Å²) in [5.74, 6) is -0.913. The molecule has 0 unspecified atom stereocenters. The molecular formula is C15H12ClFO. The largest absolute Gasteiger partial charge is 0.288 e. The lowest BCUT2D eigenvalue weighted by Gasteiger charge is -2.06. The molecule has 92 valence electrons. The van der Waals surface area contributed by atoms with Crippen molar-refractivity contribution < 1.29 is 9.18 Å². The minimum Gasteiger partial charge on any atom is -0.288 e. The second-order valence-corrected chi connectivity index (χ2v) is 4.70. The highest BCUT2D eigenvalue weighted by molar-refractivity contribution is 6.35. The van der Waals surface area contributed by atoms with Crippen LogP contribution >= 0.6 is 11.6 Å². The maximum Gasteiger partial charge on any atom is 0.197 e. The molecule has 0 atom stereocenters. The van der Waals surface area contributed by atoms with Gasteiger partial charge in [0.25, 0.3) is 0 Å². The quantitative estimate of drug-likeness (QED) is 0.737. The van der Waals surface area contributed by atoms with E-state index >= 15 is 0 Å².